The van der Waals surface area contributed by atoms with E-state index in [4.69, 9.17) is 0 Å². The molecule has 0 spiro atoms. The fraction of sp³-hybridized carbons (Fsp3) is 0.474. The molecule has 0 aliphatic carbocycles. The number of piperidine rings is 1. The van der Waals surface area contributed by atoms with Gasteiger partial charge in [0.05, 0.1) is 10.6 Å². The summed E-state index contributed by atoms with van der Waals surface area (Å²) in [7, 11) is -1.60. The third-order valence-electron chi connectivity index (χ3n) is 5.30. The molecule has 0 unspecified atom stereocenters. The quantitative estimate of drug-likeness (QED) is 0.843. The summed E-state index contributed by atoms with van der Waals surface area (Å²) in [5.41, 5.74) is 2.99. The Morgan fingerprint density at radius 3 is 2.37 bits per heavy atom. The van der Waals surface area contributed by atoms with E-state index in [0.717, 1.165) is 17.0 Å². The molecule has 2 aromatic rings. The van der Waals surface area contributed by atoms with Crippen LogP contribution in [0.4, 0.5) is 0 Å². The summed E-state index contributed by atoms with van der Waals surface area (Å²) in [6, 6.07) is 8.44. The minimum absolute atomic E-state index is 0.0191. The predicted molar refractivity (Wildman–Crippen MR) is 102 cm³/mol. The number of nitrogens with one attached hydrogen (secondary N) is 1. The molecule has 146 valence electrons. The predicted octanol–water partition coefficient (Wildman–Crippen LogP) is 1.75. The minimum Gasteiger partial charge on any atom is -0.352 e. The van der Waals surface area contributed by atoms with Crippen molar-refractivity contribution in [2.24, 2.45) is 13.0 Å². The molecule has 1 aromatic carbocycles. The summed E-state index contributed by atoms with van der Waals surface area (Å²) in [4.78, 5) is 12.8. The summed E-state index contributed by atoms with van der Waals surface area (Å²) in [6.07, 6.45) is 1.06. The third kappa shape index (κ3) is 4.06. The topological polar surface area (TPSA) is 84.3 Å². The zero-order chi connectivity index (χ0) is 19.6. The molecule has 0 saturated carbocycles. The van der Waals surface area contributed by atoms with E-state index < -0.39 is 10.0 Å². The molecule has 1 aromatic heterocycles. The van der Waals surface area contributed by atoms with Gasteiger partial charge in [-0.25, -0.2) is 8.42 Å². The standard InChI is InChI=1S/C19H26N4O3S/c1-14-18(15(2)22(3)21-14)13-20-19(24)16-9-11-23(12-10-16)27(25,26)17-7-5-4-6-8-17/h4-8,16H,9-13H2,1-3H3,(H,20,24). The van der Waals surface area contributed by atoms with Crippen molar-refractivity contribution in [2.45, 2.75) is 38.1 Å². The number of amides is 1. The van der Waals surface area contributed by atoms with Gasteiger partial charge < -0.3 is 5.32 Å². The summed E-state index contributed by atoms with van der Waals surface area (Å²) in [5.74, 6) is -0.182. The van der Waals surface area contributed by atoms with Crippen molar-refractivity contribution < 1.29 is 13.2 Å². The van der Waals surface area contributed by atoms with Gasteiger partial charge in [-0.1, -0.05) is 18.2 Å². The van der Waals surface area contributed by atoms with Crippen LogP contribution in [0.15, 0.2) is 35.2 Å². The number of rotatable bonds is 5. The molecule has 8 heteroatoms. The van der Waals surface area contributed by atoms with Crippen LogP contribution in [0.5, 0.6) is 0 Å². The van der Waals surface area contributed by atoms with Gasteiger partial charge >= 0.3 is 0 Å². The maximum absolute atomic E-state index is 12.7. The van der Waals surface area contributed by atoms with Gasteiger partial charge in [-0.2, -0.15) is 9.40 Å². The Morgan fingerprint density at radius 2 is 1.81 bits per heavy atom. The highest BCUT2D eigenvalue weighted by Gasteiger charge is 2.32. The monoisotopic (exact) mass is 390 g/mol. The highest BCUT2D eigenvalue weighted by molar-refractivity contribution is 7.89. The lowest BCUT2D eigenvalue weighted by Gasteiger charge is -2.30. The molecule has 27 heavy (non-hydrogen) atoms. The van der Waals surface area contributed by atoms with Crippen molar-refractivity contribution in [1.29, 1.82) is 0 Å². The SMILES string of the molecule is Cc1nn(C)c(C)c1CNC(=O)C1CCN(S(=O)(=O)c2ccccc2)CC1. The Balaban J connectivity index is 1.56. The molecule has 0 bridgehead atoms. The van der Waals surface area contributed by atoms with E-state index in [-0.39, 0.29) is 11.8 Å². The van der Waals surface area contributed by atoms with Gasteiger partial charge in [0.2, 0.25) is 15.9 Å². The molecule has 1 aliphatic rings. The van der Waals surface area contributed by atoms with Gasteiger partial charge in [0.1, 0.15) is 0 Å². The van der Waals surface area contributed by atoms with Crippen LogP contribution in [0, 0.1) is 19.8 Å². The fourth-order valence-corrected chi connectivity index (χ4v) is 4.98. The first-order valence-corrected chi connectivity index (χ1v) is 10.6. The van der Waals surface area contributed by atoms with Gasteiger partial charge in [0.25, 0.3) is 0 Å². The first-order chi connectivity index (χ1) is 12.8. The lowest BCUT2D eigenvalue weighted by Crippen LogP contribution is -2.42. The molecule has 1 saturated heterocycles. The van der Waals surface area contributed by atoms with E-state index in [1.165, 1.54) is 4.31 Å². The van der Waals surface area contributed by atoms with Crippen molar-refractivity contribution in [3.8, 4) is 0 Å². The first kappa shape index (κ1) is 19.6. The van der Waals surface area contributed by atoms with Gasteiger partial charge in [0, 0.05) is 43.9 Å². The van der Waals surface area contributed by atoms with Gasteiger partial charge in [-0.3, -0.25) is 9.48 Å². The number of hydrogen-bond acceptors (Lipinski definition) is 4. The van der Waals surface area contributed by atoms with E-state index in [0.29, 0.717) is 37.4 Å². The zero-order valence-electron chi connectivity index (χ0n) is 16.0. The van der Waals surface area contributed by atoms with Crippen molar-refractivity contribution in [2.75, 3.05) is 13.1 Å². The van der Waals surface area contributed by atoms with Crippen LogP contribution in [0.1, 0.15) is 29.8 Å². The van der Waals surface area contributed by atoms with Crippen LogP contribution in [0.2, 0.25) is 0 Å². The smallest absolute Gasteiger partial charge is 0.243 e. The van der Waals surface area contributed by atoms with Gasteiger partial charge in [-0.05, 0) is 38.8 Å². The van der Waals surface area contributed by atoms with Crippen LogP contribution in [-0.4, -0.2) is 41.5 Å². The Kier molecular flexibility index (Phi) is 5.67. The average Bonchev–Trinajstić information content (AvgIpc) is 2.92. The van der Waals surface area contributed by atoms with Crippen LogP contribution in [0.3, 0.4) is 0 Å². The number of nitrogens with zero attached hydrogens (tertiary/aromatic N) is 3. The van der Waals surface area contributed by atoms with E-state index in [2.05, 4.69) is 10.4 Å². The second-order valence-electron chi connectivity index (χ2n) is 6.98. The van der Waals surface area contributed by atoms with Crippen molar-refractivity contribution in [3.63, 3.8) is 0 Å². The molecule has 3 rings (SSSR count). The Hall–Kier alpha value is -2.19. The summed E-state index contributed by atoms with van der Waals surface area (Å²) in [6.45, 7) is 5.09. The van der Waals surface area contributed by atoms with Crippen molar-refractivity contribution >= 4 is 15.9 Å². The average molecular weight is 391 g/mol. The van der Waals surface area contributed by atoms with Crippen molar-refractivity contribution in [3.05, 3.63) is 47.3 Å². The molecule has 7 nitrogen and oxygen atoms in total. The first-order valence-electron chi connectivity index (χ1n) is 9.12. The molecular formula is C19H26N4O3S. The molecule has 1 aliphatic heterocycles. The fourth-order valence-electron chi connectivity index (χ4n) is 3.49. The van der Waals surface area contributed by atoms with E-state index in [1.54, 1.807) is 30.3 Å². The van der Waals surface area contributed by atoms with E-state index in [9.17, 15) is 13.2 Å². The van der Waals surface area contributed by atoms with Crippen LogP contribution >= 0.6 is 0 Å². The third-order valence-corrected chi connectivity index (χ3v) is 7.22. The molecule has 0 atom stereocenters. The number of benzene rings is 1. The summed E-state index contributed by atoms with van der Waals surface area (Å²) < 4.78 is 28.6. The summed E-state index contributed by atoms with van der Waals surface area (Å²) in [5, 5.41) is 7.35. The van der Waals surface area contributed by atoms with Crippen LogP contribution < -0.4 is 5.32 Å². The number of aromatic nitrogens is 2. The highest BCUT2D eigenvalue weighted by Crippen LogP contribution is 2.24. The molecule has 1 N–H and O–H groups in total. The molecular weight excluding hydrogens is 364 g/mol. The lowest BCUT2D eigenvalue weighted by atomic mass is 9.97. The maximum atomic E-state index is 12.7. The zero-order valence-corrected chi connectivity index (χ0v) is 16.8. The normalized spacial score (nSPS) is 16.4. The van der Waals surface area contributed by atoms with Crippen LogP contribution in [0.25, 0.3) is 0 Å². The highest BCUT2D eigenvalue weighted by atomic mass is 32.2. The van der Waals surface area contributed by atoms with E-state index >= 15 is 0 Å². The number of aryl methyl sites for hydroxylation is 2. The Morgan fingerprint density at radius 1 is 1.19 bits per heavy atom. The second kappa shape index (κ2) is 7.82. The maximum Gasteiger partial charge on any atom is 0.243 e. The number of carbonyl (C=O) groups excluding carboxylic acids is 1. The van der Waals surface area contributed by atoms with E-state index in [1.807, 2.05) is 25.6 Å². The second-order valence-corrected chi connectivity index (χ2v) is 8.92. The summed E-state index contributed by atoms with van der Waals surface area (Å²) >= 11 is 0. The van der Waals surface area contributed by atoms with Crippen LogP contribution in [-0.2, 0) is 28.4 Å². The Bertz CT molecular complexity index is 914. The van der Waals surface area contributed by atoms with Gasteiger partial charge in [0.15, 0.2) is 0 Å². The lowest BCUT2D eigenvalue weighted by molar-refractivity contribution is -0.126. The molecule has 1 amide bonds. The number of hydrogen-bond donors (Lipinski definition) is 1. The Labute approximate surface area is 160 Å². The molecule has 2 heterocycles. The molecule has 1 fully saturated rings. The van der Waals surface area contributed by atoms with Gasteiger partial charge in [-0.15, -0.1) is 0 Å². The number of carbonyl (C=O) groups is 1. The largest absolute Gasteiger partial charge is 0.352 e. The van der Waals surface area contributed by atoms with Crippen molar-refractivity contribution in [1.82, 2.24) is 19.4 Å². The molecule has 0 radical (unpaired) electrons. The minimum atomic E-state index is -3.48. The number of sulfonamides is 1.